The Morgan fingerprint density at radius 3 is 2.86 bits per heavy atom. The van der Waals surface area contributed by atoms with Gasteiger partial charge in [0.1, 0.15) is 19.8 Å². The standard InChI is InChI=1S/C10H8O4/c11-10-6-1-2-8-9(7(6)5-14-10)13-4-3-12-8/h1-2H,3-5H2. The van der Waals surface area contributed by atoms with Crippen molar-refractivity contribution >= 4 is 5.97 Å². The first kappa shape index (κ1) is 7.67. The van der Waals surface area contributed by atoms with Gasteiger partial charge in [-0.15, -0.1) is 0 Å². The van der Waals surface area contributed by atoms with Crippen LogP contribution in [0.4, 0.5) is 0 Å². The third-order valence-corrected chi connectivity index (χ3v) is 2.38. The van der Waals surface area contributed by atoms with Gasteiger partial charge in [-0.05, 0) is 12.1 Å². The fourth-order valence-corrected chi connectivity index (χ4v) is 1.72. The summed E-state index contributed by atoms with van der Waals surface area (Å²) >= 11 is 0. The van der Waals surface area contributed by atoms with E-state index in [1.807, 2.05) is 0 Å². The molecule has 14 heavy (non-hydrogen) atoms. The Hall–Kier alpha value is -1.71. The predicted molar refractivity (Wildman–Crippen MR) is 46.6 cm³/mol. The maximum atomic E-state index is 11.2. The first-order chi connectivity index (χ1) is 6.86. The summed E-state index contributed by atoms with van der Waals surface area (Å²) in [6, 6.07) is 3.47. The molecule has 0 bridgehead atoms. The second-order valence-corrected chi connectivity index (χ2v) is 3.19. The molecule has 0 N–H and O–H groups in total. The molecule has 2 aliphatic heterocycles. The van der Waals surface area contributed by atoms with E-state index in [-0.39, 0.29) is 5.97 Å². The minimum atomic E-state index is -0.281. The van der Waals surface area contributed by atoms with Crippen LogP contribution < -0.4 is 9.47 Å². The molecule has 4 nitrogen and oxygen atoms in total. The highest BCUT2D eigenvalue weighted by Gasteiger charge is 2.28. The monoisotopic (exact) mass is 192 g/mol. The molecule has 0 spiro atoms. The van der Waals surface area contributed by atoms with Gasteiger partial charge in [0.2, 0.25) is 0 Å². The molecule has 3 rings (SSSR count). The van der Waals surface area contributed by atoms with Crippen molar-refractivity contribution in [3.05, 3.63) is 23.3 Å². The van der Waals surface area contributed by atoms with Crippen molar-refractivity contribution in [2.75, 3.05) is 13.2 Å². The molecule has 0 radical (unpaired) electrons. The number of carbonyl (C=O) groups excluding carboxylic acids is 1. The number of cyclic esters (lactones) is 1. The summed E-state index contributed by atoms with van der Waals surface area (Å²) in [5, 5.41) is 0. The summed E-state index contributed by atoms with van der Waals surface area (Å²) < 4.78 is 15.8. The lowest BCUT2D eigenvalue weighted by molar-refractivity contribution is 0.0533. The van der Waals surface area contributed by atoms with Crippen LogP contribution in [0, 0.1) is 0 Å². The van der Waals surface area contributed by atoms with Crippen molar-refractivity contribution in [2.24, 2.45) is 0 Å². The lowest BCUT2D eigenvalue weighted by atomic mass is 10.1. The number of benzene rings is 1. The van der Waals surface area contributed by atoms with Gasteiger partial charge in [0.05, 0.1) is 5.56 Å². The molecule has 1 aromatic carbocycles. The zero-order chi connectivity index (χ0) is 9.54. The number of carbonyl (C=O) groups is 1. The Kier molecular flexibility index (Phi) is 1.45. The van der Waals surface area contributed by atoms with E-state index < -0.39 is 0 Å². The van der Waals surface area contributed by atoms with Crippen LogP contribution >= 0.6 is 0 Å². The molecule has 0 aliphatic carbocycles. The SMILES string of the molecule is O=C1OCc2c1ccc1c2OCCO1. The van der Waals surface area contributed by atoms with E-state index >= 15 is 0 Å². The summed E-state index contributed by atoms with van der Waals surface area (Å²) in [6.07, 6.45) is 0. The molecule has 0 unspecified atom stereocenters. The zero-order valence-corrected chi connectivity index (χ0v) is 7.41. The number of rotatable bonds is 0. The van der Waals surface area contributed by atoms with E-state index in [0.717, 1.165) is 5.56 Å². The highest BCUT2D eigenvalue weighted by atomic mass is 16.6. The van der Waals surface area contributed by atoms with Gasteiger partial charge in [0, 0.05) is 5.56 Å². The average Bonchev–Trinajstić information content (AvgIpc) is 2.61. The Morgan fingerprint density at radius 1 is 1.07 bits per heavy atom. The second-order valence-electron chi connectivity index (χ2n) is 3.19. The van der Waals surface area contributed by atoms with Gasteiger partial charge in [-0.3, -0.25) is 0 Å². The number of fused-ring (bicyclic) bond motifs is 3. The van der Waals surface area contributed by atoms with Crippen molar-refractivity contribution in [3.63, 3.8) is 0 Å². The van der Waals surface area contributed by atoms with Crippen LogP contribution in [-0.2, 0) is 11.3 Å². The summed E-state index contributed by atoms with van der Waals surface area (Å²) in [6.45, 7) is 1.37. The van der Waals surface area contributed by atoms with Crippen LogP contribution in [0.25, 0.3) is 0 Å². The molecule has 2 aliphatic rings. The fourth-order valence-electron chi connectivity index (χ4n) is 1.72. The quantitative estimate of drug-likeness (QED) is 0.578. The van der Waals surface area contributed by atoms with E-state index in [1.54, 1.807) is 12.1 Å². The van der Waals surface area contributed by atoms with Gasteiger partial charge in [-0.25, -0.2) is 4.79 Å². The zero-order valence-electron chi connectivity index (χ0n) is 7.41. The van der Waals surface area contributed by atoms with Crippen LogP contribution in [-0.4, -0.2) is 19.2 Å². The normalized spacial score (nSPS) is 17.6. The third-order valence-electron chi connectivity index (χ3n) is 2.38. The summed E-state index contributed by atoms with van der Waals surface area (Å²) in [5.74, 6) is 1.09. The average molecular weight is 192 g/mol. The van der Waals surface area contributed by atoms with E-state index in [9.17, 15) is 4.79 Å². The number of hydrogen-bond donors (Lipinski definition) is 0. The van der Waals surface area contributed by atoms with Crippen LogP contribution in [0.2, 0.25) is 0 Å². The molecule has 0 saturated carbocycles. The smallest absolute Gasteiger partial charge is 0.339 e. The molecule has 4 heteroatoms. The van der Waals surface area contributed by atoms with Crippen LogP contribution in [0.5, 0.6) is 11.5 Å². The Bertz CT molecular complexity index is 411. The Labute approximate surface area is 80.4 Å². The van der Waals surface area contributed by atoms with Crippen LogP contribution in [0.3, 0.4) is 0 Å². The molecule has 0 amide bonds. The first-order valence-electron chi connectivity index (χ1n) is 4.45. The summed E-state index contributed by atoms with van der Waals surface area (Å²) in [5.41, 5.74) is 1.40. The molecular formula is C10H8O4. The third kappa shape index (κ3) is 0.907. The van der Waals surface area contributed by atoms with Gasteiger partial charge in [-0.2, -0.15) is 0 Å². The van der Waals surface area contributed by atoms with Gasteiger partial charge in [0.15, 0.2) is 11.5 Å². The molecular weight excluding hydrogens is 184 g/mol. The maximum Gasteiger partial charge on any atom is 0.339 e. The number of hydrogen-bond acceptors (Lipinski definition) is 4. The minimum absolute atomic E-state index is 0.281. The van der Waals surface area contributed by atoms with Gasteiger partial charge in [-0.1, -0.05) is 0 Å². The lowest BCUT2D eigenvalue weighted by Crippen LogP contribution is -2.16. The highest BCUT2D eigenvalue weighted by molar-refractivity contribution is 5.94. The van der Waals surface area contributed by atoms with Gasteiger partial charge in [0.25, 0.3) is 0 Å². The van der Waals surface area contributed by atoms with Crippen molar-refractivity contribution in [2.45, 2.75) is 6.61 Å². The molecule has 1 aromatic rings. The molecule has 2 heterocycles. The topological polar surface area (TPSA) is 44.8 Å². The van der Waals surface area contributed by atoms with E-state index in [1.165, 1.54) is 0 Å². The molecule has 72 valence electrons. The van der Waals surface area contributed by atoms with Gasteiger partial charge < -0.3 is 14.2 Å². The predicted octanol–water partition coefficient (Wildman–Crippen LogP) is 1.13. The van der Waals surface area contributed by atoms with Crippen molar-refractivity contribution < 1.29 is 19.0 Å². The lowest BCUT2D eigenvalue weighted by Gasteiger charge is -2.19. The Morgan fingerprint density at radius 2 is 1.93 bits per heavy atom. The second kappa shape index (κ2) is 2.64. The first-order valence-corrected chi connectivity index (χ1v) is 4.45. The molecule has 0 fully saturated rings. The van der Waals surface area contributed by atoms with Crippen LogP contribution in [0.15, 0.2) is 12.1 Å². The van der Waals surface area contributed by atoms with Crippen molar-refractivity contribution in [1.82, 2.24) is 0 Å². The number of ether oxygens (including phenoxy) is 3. The highest BCUT2D eigenvalue weighted by Crippen LogP contribution is 2.38. The molecule has 0 atom stereocenters. The van der Waals surface area contributed by atoms with Crippen LogP contribution in [0.1, 0.15) is 15.9 Å². The molecule has 0 aromatic heterocycles. The fraction of sp³-hybridized carbons (Fsp3) is 0.300. The van der Waals surface area contributed by atoms with E-state index in [4.69, 9.17) is 14.2 Å². The van der Waals surface area contributed by atoms with Gasteiger partial charge >= 0.3 is 5.97 Å². The van der Waals surface area contributed by atoms with E-state index in [0.29, 0.717) is 36.9 Å². The number of esters is 1. The largest absolute Gasteiger partial charge is 0.486 e. The minimum Gasteiger partial charge on any atom is -0.486 e. The Balaban J connectivity index is 2.20. The van der Waals surface area contributed by atoms with Crippen molar-refractivity contribution in [1.29, 1.82) is 0 Å². The molecule has 0 saturated heterocycles. The summed E-state index contributed by atoms with van der Waals surface area (Å²) in [7, 11) is 0. The van der Waals surface area contributed by atoms with Crippen molar-refractivity contribution in [3.8, 4) is 11.5 Å². The van der Waals surface area contributed by atoms with E-state index in [2.05, 4.69) is 0 Å². The maximum absolute atomic E-state index is 11.2. The summed E-state index contributed by atoms with van der Waals surface area (Å²) in [4.78, 5) is 11.2.